The van der Waals surface area contributed by atoms with E-state index in [1.54, 1.807) is 6.08 Å². The number of ether oxygens (including phenoxy) is 1. The van der Waals surface area contributed by atoms with Crippen molar-refractivity contribution in [1.82, 2.24) is 0 Å². The van der Waals surface area contributed by atoms with Crippen LogP contribution < -0.4 is 9.64 Å². The summed E-state index contributed by atoms with van der Waals surface area (Å²) in [5, 5.41) is 11.5. The van der Waals surface area contributed by atoms with Crippen molar-refractivity contribution in [2.45, 2.75) is 12.8 Å². The first-order valence-electron chi connectivity index (χ1n) is 6.98. The number of anilines is 1. The molecule has 7 nitrogen and oxygen atoms in total. The highest BCUT2D eigenvalue weighted by Gasteiger charge is 2.49. The number of halogens is 1. The zero-order valence-corrected chi connectivity index (χ0v) is 12.9. The summed E-state index contributed by atoms with van der Waals surface area (Å²) in [6, 6.07) is 3.82. The van der Waals surface area contributed by atoms with Gasteiger partial charge in [0.05, 0.1) is 23.9 Å². The Hall–Kier alpha value is -2.41. The van der Waals surface area contributed by atoms with Crippen LogP contribution in [0.3, 0.4) is 0 Å². The molecule has 2 amide bonds. The van der Waals surface area contributed by atoms with E-state index in [-0.39, 0.29) is 23.0 Å². The number of rotatable bonds is 3. The number of hydrogen-bond acceptors (Lipinski definition) is 5. The fourth-order valence-corrected chi connectivity index (χ4v) is 3.29. The Bertz CT molecular complexity index is 745. The van der Waals surface area contributed by atoms with Crippen molar-refractivity contribution in [1.29, 1.82) is 0 Å². The molecule has 23 heavy (non-hydrogen) atoms. The SMILES string of the molecule is COc1ccc([N+](=O)[O-])cc1N1C(=O)C2CC=C(Cl)CC2C1=O. The van der Waals surface area contributed by atoms with E-state index in [1.807, 2.05) is 0 Å². The number of imide groups is 1. The maximum Gasteiger partial charge on any atom is 0.271 e. The van der Waals surface area contributed by atoms with Gasteiger partial charge in [0, 0.05) is 17.2 Å². The van der Waals surface area contributed by atoms with Crippen LogP contribution in [0.1, 0.15) is 12.8 Å². The number of carbonyl (C=O) groups is 2. The number of non-ortho nitro benzene ring substituents is 1. The lowest BCUT2D eigenvalue weighted by Gasteiger charge is -2.17. The molecule has 2 unspecified atom stereocenters. The van der Waals surface area contributed by atoms with E-state index in [9.17, 15) is 19.7 Å². The Morgan fingerprint density at radius 2 is 2.00 bits per heavy atom. The van der Waals surface area contributed by atoms with Crippen molar-refractivity contribution in [2.24, 2.45) is 11.8 Å². The van der Waals surface area contributed by atoms with Gasteiger partial charge in [-0.05, 0) is 18.9 Å². The normalized spacial score (nSPS) is 23.6. The van der Waals surface area contributed by atoms with E-state index in [0.717, 1.165) is 4.90 Å². The minimum absolute atomic E-state index is 0.0993. The first-order chi connectivity index (χ1) is 10.9. The summed E-state index contributed by atoms with van der Waals surface area (Å²) in [6.07, 6.45) is 2.44. The van der Waals surface area contributed by atoms with Crippen LogP contribution in [0.5, 0.6) is 5.75 Å². The van der Waals surface area contributed by atoms with Gasteiger partial charge in [0.1, 0.15) is 11.4 Å². The summed E-state index contributed by atoms with van der Waals surface area (Å²) in [7, 11) is 1.38. The van der Waals surface area contributed by atoms with Gasteiger partial charge in [-0.25, -0.2) is 4.90 Å². The number of fused-ring (bicyclic) bond motifs is 1. The van der Waals surface area contributed by atoms with E-state index in [4.69, 9.17) is 16.3 Å². The molecular weight excluding hydrogens is 324 g/mol. The maximum atomic E-state index is 12.6. The lowest BCUT2D eigenvalue weighted by Crippen LogP contribution is -2.31. The van der Waals surface area contributed by atoms with Crippen LogP contribution in [0.25, 0.3) is 0 Å². The number of nitrogens with zero attached hydrogens (tertiary/aromatic N) is 2. The van der Waals surface area contributed by atoms with Gasteiger partial charge in [-0.3, -0.25) is 19.7 Å². The van der Waals surface area contributed by atoms with Gasteiger partial charge in [0.15, 0.2) is 0 Å². The summed E-state index contributed by atoms with van der Waals surface area (Å²) >= 11 is 5.98. The zero-order valence-electron chi connectivity index (χ0n) is 12.2. The first-order valence-corrected chi connectivity index (χ1v) is 7.36. The third-order valence-electron chi connectivity index (χ3n) is 4.18. The summed E-state index contributed by atoms with van der Waals surface area (Å²) in [5.74, 6) is -1.54. The molecule has 0 bridgehead atoms. The molecule has 0 saturated carbocycles. The highest BCUT2D eigenvalue weighted by molar-refractivity contribution is 6.30. The molecule has 0 N–H and O–H groups in total. The van der Waals surface area contributed by atoms with Crippen LogP contribution in [0.15, 0.2) is 29.3 Å². The van der Waals surface area contributed by atoms with Crippen molar-refractivity contribution < 1.29 is 19.2 Å². The number of hydrogen-bond donors (Lipinski definition) is 0. The number of carbonyl (C=O) groups excluding carboxylic acids is 2. The molecule has 1 aromatic rings. The Morgan fingerprint density at radius 1 is 1.30 bits per heavy atom. The summed E-state index contributed by atoms with van der Waals surface area (Å²) < 4.78 is 5.16. The van der Waals surface area contributed by atoms with Gasteiger partial charge in [0.2, 0.25) is 11.8 Å². The van der Waals surface area contributed by atoms with Crippen LogP contribution in [0, 0.1) is 22.0 Å². The quantitative estimate of drug-likeness (QED) is 0.481. The predicted molar refractivity (Wildman–Crippen MR) is 82.3 cm³/mol. The second kappa shape index (κ2) is 5.66. The van der Waals surface area contributed by atoms with Crippen molar-refractivity contribution in [3.05, 3.63) is 39.4 Å². The molecule has 8 heteroatoms. The topological polar surface area (TPSA) is 89.8 Å². The molecule has 2 atom stereocenters. The van der Waals surface area contributed by atoms with Gasteiger partial charge in [-0.2, -0.15) is 0 Å². The van der Waals surface area contributed by atoms with Gasteiger partial charge in [-0.1, -0.05) is 17.7 Å². The van der Waals surface area contributed by atoms with Gasteiger partial charge >= 0.3 is 0 Å². The van der Waals surface area contributed by atoms with Crippen LogP contribution in [-0.4, -0.2) is 23.8 Å². The summed E-state index contributed by atoms with van der Waals surface area (Å²) in [6.45, 7) is 0. The Kier molecular flexibility index (Phi) is 3.81. The van der Waals surface area contributed by atoms with Crippen molar-refractivity contribution in [2.75, 3.05) is 12.0 Å². The molecule has 120 valence electrons. The summed E-state index contributed by atoms with van der Waals surface area (Å²) in [5.41, 5.74) is -0.116. The molecule has 1 aliphatic heterocycles. The second-order valence-electron chi connectivity index (χ2n) is 5.43. The van der Waals surface area contributed by atoms with Gasteiger partial charge < -0.3 is 4.74 Å². The van der Waals surface area contributed by atoms with E-state index in [2.05, 4.69) is 0 Å². The third-order valence-corrected chi connectivity index (χ3v) is 4.49. The van der Waals surface area contributed by atoms with Crippen LogP contribution in [0.4, 0.5) is 11.4 Å². The molecule has 1 heterocycles. The van der Waals surface area contributed by atoms with Crippen molar-refractivity contribution in [3.8, 4) is 5.75 Å². The average Bonchev–Trinajstić information content (AvgIpc) is 2.77. The number of amides is 2. The number of nitro groups is 1. The van der Waals surface area contributed by atoms with E-state index < -0.39 is 22.7 Å². The average molecular weight is 337 g/mol. The number of methoxy groups -OCH3 is 1. The van der Waals surface area contributed by atoms with Crippen LogP contribution in [-0.2, 0) is 9.59 Å². The molecule has 1 aliphatic carbocycles. The van der Waals surface area contributed by atoms with Crippen molar-refractivity contribution in [3.63, 3.8) is 0 Å². The standard InChI is InChI=1S/C15H13ClN2O5/c1-23-13-5-3-9(18(21)22)7-12(13)17-14(19)10-4-2-8(16)6-11(10)15(17)20/h2-3,5,7,10-11H,4,6H2,1H3. The fourth-order valence-electron chi connectivity index (χ4n) is 3.03. The minimum Gasteiger partial charge on any atom is -0.495 e. The molecule has 3 rings (SSSR count). The van der Waals surface area contributed by atoms with E-state index in [1.165, 1.54) is 25.3 Å². The Labute approximate surface area is 136 Å². The third kappa shape index (κ3) is 2.46. The largest absolute Gasteiger partial charge is 0.495 e. The van der Waals surface area contributed by atoms with Gasteiger partial charge in [0.25, 0.3) is 5.69 Å². The zero-order chi connectivity index (χ0) is 16.7. The molecule has 1 fully saturated rings. The molecular formula is C15H13ClN2O5. The predicted octanol–water partition coefficient (Wildman–Crippen LogP) is 2.63. The molecule has 0 spiro atoms. The van der Waals surface area contributed by atoms with E-state index >= 15 is 0 Å². The van der Waals surface area contributed by atoms with Crippen molar-refractivity contribution >= 4 is 34.8 Å². The number of benzene rings is 1. The molecule has 2 aliphatic rings. The molecule has 0 radical (unpaired) electrons. The monoisotopic (exact) mass is 336 g/mol. The molecule has 1 saturated heterocycles. The van der Waals surface area contributed by atoms with Crippen LogP contribution in [0.2, 0.25) is 0 Å². The van der Waals surface area contributed by atoms with Crippen LogP contribution >= 0.6 is 11.6 Å². The Morgan fingerprint density at radius 3 is 2.65 bits per heavy atom. The first kappa shape index (κ1) is 15.5. The lowest BCUT2D eigenvalue weighted by atomic mass is 9.85. The fraction of sp³-hybridized carbons (Fsp3) is 0.333. The lowest BCUT2D eigenvalue weighted by molar-refractivity contribution is -0.384. The summed E-state index contributed by atoms with van der Waals surface area (Å²) in [4.78, 5) is 36.6. The Balaban J connectivity index is 2.05. The highest BCUT2D eigenvalue weighted by atomic mass is 35.5. The smallest absolute Gasteiger partial charge is 0.271 e. The maximum absolute atomic E-state index is 12.6. The van der Waals surface area contributed by atoms with Gasteiger partial charge in [-0.15, -0.1) is 0 Å². The van der Waals surface area contributed by atoms with E-state index in [0.29, 0.717) is 17.9 Å². The second-order valence-corrected chi connectivity index (χ2v) is 5.91. The highest BCUT2D eigenvalue weighted by Crippen LogP contribution is 2.43. The molecule has 0 aromatic heterocycles. The number of allylic oxidation sites excluding steroid dienone is 2. The number of nitro benzene ring substituents is 1. The molecule has 1 aromatic carbocycles. The minimum atomic E-state index is -0.584.